The molecule has 0 aliphatic carbocycles. The molecule has 3 aromatic carbocycles. The Morgan fingerprint density at radius 2 is 1.56 bits per heavy atom. The van der Waals surface area contributed by atoms with Crippen LogP contribution >= 0.6 is 11.6 Å². The van der Waals surface area contributed by atoms with Crippen LogP contribution in [0.3, 0.4) is 0 Å². The van der Waals surface area contributed by atoms with Crippen molar-refractivity contribution in [2.24, 2.45) is 10.2 Å². The minimum Gasteiger partial charge on any atom is -0.207 e. The van der Waals surface area contributed by atoms with Crippen molar-refractivity contribution in [3.8, 4) is 0 Å². The van der Waals surface area contributed by atoms with E-state index in [2.05, 4.69) is 10.2 Å². The molecule has 0 radical (unpaired) electrons. The van der Waals surface area contributed by atoms with Crippen LogP contribution in [0, 0.1) is 0 Å². The molecule has 0 amide bonds. The van der Waals surface area contributed by atoms with Crippen molar-refractivity contribution < 1.29 is 8.42 Å². The highest BCUT2D eigenvalue weighted by atomic mass is 35.5. The quantitative estimate of drug-likeness (QED) is 0.480. The third kappa shape index (κ3) is 4.03. The standard InChI is InChI=1S/C20H20ClN3O2S/c1-3-24(4-2)27(25,26)17-12-10-16(11-13-17)22-23-20-18-8-6-5-7-15(18)9-14-19(20)21/h5-14H,3-4H2,1-2H3. The van der Waals surface area contributed by atoms with Crippen LogP contribution in [0.4, 0.5) is 11.4 Å². The number of hydrogen-bond acceptors (Lipinski definition) is 4. The number of nitrogens with zero attached hydrogens (tertiary/aromatic N) is 3. The molecular weight excluding hydrogens is 382 g/mol. The van der Waals surface area contributed by atoms with Gasteiger partial charge >= 0.3 is 0 Å². The van der Waals surface area contributed by atoms with Gasteiger partial charge in [-0.1, -0.05) is 55.8 Å². The average molecular weight is 402 g/mol. The lowest BCUT2D eigenvalue weighted by molar-refractivity contribution is 0.445. The van der Waals surface area contributed by atoms with Gasteiger partial charge in [0, 0.05) is 18.5 Å². The molecular formula is C20H20ClN3O2S. The van der Waals surface area contributed by atoms with Gasteiger partial charge in [0.1, 0.15) is 5.69 Å². The van der Waals surface area contributed by atoms with Crippen LogP contribution in [0.2, 0.25) is 5.02 Å². The Kier molecular flexibility index (Phi) is 5.89. The summed E-state index contributed by atoms with van der Waals surface area (Å²) in [4.78, 5) is 0.244. The molecule has 0 heterocycles. The third-order valence-electron chi connectivity index (χ3n) is 4.30. The van der Waals surface area contributed by atoms with Gasteiger partial charge in [-0.05, 0) is 35.7 Å². The van der Waals surface area contributed by atoms with Gasteiger partial charge in [-0.15, -0.1) is 5.11 Å². The molecule has 0 atom stereocenters. The van der Waals surface area contributed by atoms with Crippen LogP contribution in [0.25, 0.3) is 10.8 Å². The number of benzene rings is 3. The van der Waals surface area contributed by atoms with Gasteiger partial charge in [-0.25, -0.2) is 8.42 Å². The molecule has 0 fully saturated rings. The lowest BCUT2D eigenvalue weighted by Gasteiger charge is -2.18. The summed E-state index contributed by atoms with van der Waals surface area (Å²) in [5.74, 6) is 0. The molecule has 0 unspecified atom stereocenters. The van der Waals surface area contributed by atoms with E-state index in [1.807, 2.05) is 44.2 Å². The third-order valence-corrected chi connectivity index (χ3v) is 6.67. The van der Waals surface area contributed by atoms with Crippen LogP contribution < -0.4 is 0 Å². The summed E-state index contributed by atoms with van der Waals surface area (Å²) in [5, 5.41) is 11.0. The molecule has 5 nitrogen and oxygen atoms in total. The van der Waals surface area contributed by atoms with Gasteiger partial charge in [0.2, 0.25) is 10.0 Å². The van der Waals surface area contributed by atoms with E-state index >= 15 is 0 Å². The molecule has 0 aliphatic heterocycles. The van der Waals surface area contributed by atoms with Crippen LogP contribution in [0.1, 0.15) is 13.8 Å². The SMILES string of the molecule is CCN(CC)S(=O)(=O)c1ccc(N=Nc2c(Cl)ccc3ccccc23)cc1. The van der Waals surface area contributed by atoms with Crippen molar-refractivity contribution in [1.29, 1.82) is 0 Å². The van der Waals surface area contributed by atoms with Crippen LogP contribution in [0.15, 0.2) is 75.8 Å². The van der Waals surface area contributed by atoms with Crippen molar-refractivity contribution in [1.82, 2.24) is 4.31 Å². The predicted molar refractivity (Wildman–Crippen MR) is 110 cm³/mol. The molecule has 7 heteroatoms. The van der Waals surface area contributed by atoms with E-state index in [-0.39, 0.29) is 4.90 Å². The lowest BCUT2D eigenvalue weighted by Crippen LogP contribution is -2.30. The summed E-state index contributed by atoms with van der Waals surface area (Å²) in [6.45, 7) is 4.49. The Balaban J connectivity index is 1.91. The highest BCUT2D eigenvalue weighted by molar-refractivity contribution is 7.89. The zero-order valence-corrected chi connectivity index (χ0v) is 16.7. The lowest BCUT2D eigenvalue weighted by atomic mass is 10.1. The van der Waals surface area contributed by atoms with Crippen LogP contribution in [-0.2, 0) is 10.0 Å². The van der Waals surface area contributed by atoms with E-state index < -0.39 is 10.0 Å². The van der Waals surface area contributed by atoms with Crippen molar-refractivity contribution in [3.05, 3.63) is 65.7 Å². The zero-order chi connectivity index (χ0) is 19.4. The molecule has 0 aliphatic rings. The Hall–Kier alpha value is -2.28. The number of rotatable bonds is 6. The summed E-state index contributed by atoms with van der Waals surface area (Å²) in [7, 11) is -3.48. The maximum absolute atomic E-state index is 12.5. The van der Waals surface area contributed by atoms with Gasteiger partial charge in [0.25, 0.3) is 0 Å². The number of hydrogen-bond donors (Lipinski definition) is 0. The van der Waals surface area contributed by atoms with Crippen molar-refractivity contribution in [2.45, 2.75) is 18.7 Å². The second kappa shape index (κ2) is 8.17. The zero-order valence-electron chi connectivity index (χ0n) is 15.1. The summed E-state index contributed by atoms with van der Waals surface area (Å²) < 4.78 is 26.5. The van der Waals surface area contributed by atoms with E-state index in [4.69, 9.17) is 11.6 Å². The number of fused-ring (bicyclic) bond motifs is 1. The maximum Gasteiger partial charge on any atom is 0.243 e. The minimum absolute atomic E-state index is 0.244. The Morgan fingerprint density at radius 1 is 0.889 bits per heavy atom. The smallest absolute Gasteiger partial charge is 0.207 e. The molecule has 0 N–H and O–H groups in total. The van der Waals surface area contributed by atoms with Gasteiger partial charge < -0.3 is 0 Å². The molecule has 0 saturated carbocycles. The second-order valence-electron chi connectivity index (χ2n) is 5.90. The van der Waals surface area contributed by atoms with Crippen molar-refractivity contribution in [3.63, 3.8) is 0 Å². The Bertz CT molecular complexity index is 1080. The second-order valence-corrected chi connectivity index (χ2v) is 8.25. The van der Waals surface area contributed by atoms with Gasteiger partial charge in [0.05, 0.1) is 15.6 Å². The van der Waals surface area contributed by atoms with Crippen LogP contribution in [-0.4, -0.2) is 25.8 Å². The van der Waals surface area contributed by atoms with Gasteiger partial charge in [-0.3, -0.25) is 0 Å². The highest BCUT2D eigenvalue weighted by Gasteiger charge is 2.21. The highest BCUT2D eigenvalue weighted by Crippen LogP contribution is 2.34. The number of halogens is 1. The van der Waals surface area contributed by atoms with Crippen molar-refractivity contribution in [2.75, 3.05) is 13.1 Å². The summed E-state index contributed by atoms with van der Waals surface area (Å²) >= 11 is 6.28. The minimum atomic E-state index is -3.48. The number of azo groups is 1. The first-order valence-corrected chi connectivity index (χ1v) is 10.5. The maximum atomic E-state index is 12.5. The summed E-state index contributed by atoms with van der Waals surface area (Å²) in [5.41, 5.74) is 1.15. The molecule has 3 rings (SSSR count). The summed E-state index contributed by atoms with van der Waals surface area (Å²) in [6, 6.07) is 17.9. The van der Waals surface area contributed by atoms with Crippen LogP contribution in [0.5, 0.6) is 0 Å². The fourth-order valence-corrected chi connectivity index (χ4v) is 4.50. The van der Waals surface area contributed by atoms with Gasteiger partial charge in [0.15, 0.2) is 0 Å². The normalized spacial score (nSPS) is 12.3. The summed E-state index contributed by atoms with van der Waals surface area (Å²) in [6.07, 6.45) is 0. The van der Waals surface area contributed by atoms with E-state index in [1.54, 1.807) is 30.3 Å². The predicted octanol–water partition coefficient (Wildman–Crippen LogP) is 5.94. The van der Waals surface area contributed by atoms with E-state index in [0.717, 1.165) is 10.8 Å². The fraction of sp³-hybridized carbons (Fsp3) is 0.200. The van der Waals surface area contributed by atoms with Crippen molar-refractivity contribution >= 4 is 43.8 Å². The first-order chi connectivity index (χ1) is 13.0. The first kappa shape index (κ1) is 19.5. The topological polar surface area (TPSA) is 62.1 Å². The molecule has 27 heavy (non-hydrogen) atoms. The number of sulfonamides is 1. The Labute approximate surface area is 164 Å². The van der Waals surface area contributed by atoms with E-state index in [1.165, 1.54) is 4.31 Å². The Morgan fingerprint density at radius 3 is 2.22 bits per heavy atom. The molecule has 0 spiro atoms. The molecule has 0 aromatic heterocycles. The molecule has 140 valence electrons. The van der Waals surface area contributed by atoms with Gasteiger partial charge in [-0.2, -0.15) is 9.42 Å². The molecule has 0 bridgehead atoms. The average Bonchev–Trinajstić information content (AvgIpc) is 2.68. The first-order valence-electron chi connectivity index (χ1n) is 8.66. The fourth-order valence-electron chi connectivity index (χ4n) is 2.84. The largest absolute Gasteiger partial charge is 0.243 e. The molecule has 3 aromatic rings. The van der Waals surface area contributed by atoms with E-state index in [9.17, 15) is 8.42 Å². The monoisotopic (exact) mass is 401 g/mol. The van der Waals surface area contributed by atoms with E-state index in [0.29, 0.717) is 29.5 Å². The molecule has 0 saturated heterocycles.